The number of likely N-dealkylation sites (N-methyl/N-ethyl adjacent to an activating group) is 1. The molecular formula is C44H75F6NO8P+. The number of esters is 2. The quantitative estimate of drug-likeness (QED) is 0.0165. The van der Waals surface area contributed by atoms with Gasteiger partial charge in [-0.15, -0.1) is 23.7 Å². The van der Waals surface area contributed by atoms with Gasteiger partial charge in [-0.3, -0.25) is 18.6 Å². The Hall–Kier alpha value is -2.29. The normalized spacial score (nSPS) is 13.4. The summed E-state index contributed by atoms with van der Waals surface area (Å²) in [6.07, 6.45) is 7.86. The van der Waals surface area contributed by atoms with E-state index < -0.39 is 57.7 Å². The highest BCUT2D eigenvalue weighted by molar-refractivity contribution is 7.47. The molecule has 60 heavy (non-hydrogen) atoms. The molecule has 1 unspecified atom stereocenters. The van der Waals surface area contributed by atoms with Gasteiger partial charge < -0.3 is 18.9 Å². The Bertz CT molecular complexity index is 1280. The highest BCUT2D eigenvalue weighted by Gasteiger charge is 2.28. The van der Waals surface area contributed by atoms with Crippen LogP contribution in [0.2, 0.25) is 0 Å². The van der Waals surface area contributed by atoms with E-state index in [4.69, 9.17) is 18.5 Å². The molecule has 16 heteroatoms. The molecule has 0 spiro atoms. The van der Waals surface area contributed by atoms with Gasteiger partial charge in [0, 0.05) is 51.4 Å². The van der Waals surface area contributed by atoms with Crippen molar-refractivity contribution in [2.45, 2.75) is 198 Å². The van der Waals surface area contributed by atoms with E-state index in [1.807, 2.05) is 21.1 Å². The van der Waals surface area contributed by atoms with E-state index in [0.717, 1.165) is 116 Å². The van der Waals surface area contributed by atoms with Crippen molar-refractivity contribution in [1.29, 1.82) is 0 Å². The fourth-order valence-electron chi connectivity index (χ4n) is 5.78. The molecule has 1 N–H and O–H groups in total. The number of hydrogen-bond donors (Lipinski definition) is 1. The van der Waals surface area contributed by atoms with Gasteiger partial charge in [-0.05, 0) is 51.4 Å². The van der Waals surface area contributed by atoms with E-state index in [1.165, 1.54) is 0 Å². The van der Waals surface area contributed by atoms with Gasteiger partial charge in [-0.25, -0.2) is 4.57 Å². The number of unbranched alkanes of at least 4 members (excludes halogenated alkanes) is 20. The van der Waals surface area contributed by atoms with Crippen LogP contribution < -0.4 is 0 Å². The van der Waals surface area contributed by atoms with Crippen LogP contribution in [0.3, 0.4) is 0 Å². The molecule has 0 aromatic heterocycles. The lowest BCUT2D eigenvalue weighted by Crippen LogP contribution is -2.37. The first-order valence-corrected chi connectivity index (χ1v) is 23.6. The molecule has 9 nitrogen and oxygen atoms in total. The highest BCUT2D eigenvalue weighted by Crippen LogP contribution is 2.43. The first-order chi connectivity index (χ1) is 28.3. The van der Waals surface area contributed by atoms with Crippen LogP contribution in [0.25, 0.3) is 0 Å². The second-order valence-electron chi connectivity index (χ2n) is 16.4. The minimum atomic E-state index is -4.45. The summed E-state index contributed by atoms with van der Waals surface area (Å²) in [4.78, 5) is 35.3. The van der Waals surface area contributed by atoms with Crippen molar-refractivity contribution in [1.82, 2.24) is 0 Å². The Morgan fingerprint density at radius 3 is 1.32 bits per heavy atom. The summed E-state index contributed by atoms with van der Waals surface area (Å²) in [5.41, 5.74) is 0. The second-order valence-corrected chi connectivity index (χ2v) is 17.9. The summed E-state index contributed by atoms with van der Waals surface area (Å²) in [5.74, 6) is 11.5. The van der Waals surface area contributed by atoms with Gasteiger partial charge in [-0.1, -0.05) is 77.0 Å². The van der Waals surface area contributed by atoms with Crippen molar-refractivity contribution < 1.29 is 68.4 Å². The van der Waals surface area contributed by atoms with Gasteiger partial charge in [0.15, 0.2) is 6.10 Å². The Kier molecular flexibility index (Phi) is 33.9. The standard InChI is InChI=1S/C44H74F6NO8P/c1-51(2,3)36-37-57-60(54,55)58-39-40(59-42(53)33-29-25-21-17-13-9-5-7-11-15-19-23-27-31-35-44(48,49)50)38-56-41(52)32-28-24-20-16-12-8-4-6-10-14-18-22-26-30-34-43(45,46)47/h40H,8-39H2,1-3H3/p+1/t40-/m1/s1. The summed E-state index contributed by atoms with van der Waals surface area (Å²) in [6, 6.07) is 0. The third-order valence-electron chi connectivity index (χ3n) is 9.31. The number of quaternary nitrogens is 1. The van der Waals surface area contributed by atoms with E-state index >= 15 is 0 Å². The van der Waals surface area contributed by atoms with Crippen LogP contribution in [0.15, 0.2) is 0 Å². The number of alkyl halides is 6. The SMILES string of the molecule is C[N+](C)(C)CCOP(=O)(O)OC[C@@H](COC(=O)CCCCCCCC#CCCCCCCCC(F)(F)F)OC(=O)CCCCCCCC#CCCCCCCCC(F)(F)F. The van der Waals surface area contributed by atoms with Crippen LogP contribution in [-0.4, -0.2) is 87.3 Å². The van der Waals surface area contributed by atoms with Crippen molar-refractivity contribution in [3.05, 3.63) is 0 Å². The van der Waals surface area contributed by atoms with Crippen molar-refractivity contribution in [2.75, 3.05) is 47.5 Å². The number of hydrogen-bond acceptors (Lipinski definition) is 7. The molecule has 0 aromatic rings. The minimum absolute atomic E-state index is 0.0303. The summed E-state index contributed by atoms with van der Waals surface area (Å²) in [5, 5.41) is 0. The van der Waals surface area contributed by atoms with Crippen LogP contribution >= 0.6 is 7.82 Å². The van der Waals surface area contributed by atoms with Gasteiger partial charge in [0.05, 0.1) is 27.7 Å². The molecular weight excluding hydrogens is 815 g/mol. The summed E-state index contributed by atoms with van der Waals surface area (Å²) >= 11 is 0. The summed E-state index contributed by atoms with van der Waals surface area (Å²) in [7, 11) is 1.26. The zero-order chi connectivity index (χ0) is 45.0. The monoisotopic (exact) mass is 891 g/mol. The predicted molar refractivity (Wildman–Crippen MR) is 222 cm³/mol. The van der Waals surface area contributed by atoms with Crippen molar-refractivity contribution >= 4 is 19.8 Å². The molecule has 0 radical (unpaired) electrons. The second kappa shape index (κ2) is 35.2. The maximum atomic E-state index is 12.6. The van der Waals surface area contributed by atoms with Gasteiger partial charge in [-0.2, -0.15) is 26.3 Å². The van der Waals surface area contributed by atoms with Crippen LogP contribution in [0, 0.1) is 23.7 Å². The lowest BCUT2D eigenvalue weighted by molar-refractivity contribution is -0.870. The molecule has 2 atom stereocenters. The number of carbonyl (C=O) groups is 2. The number of carbonyl (C=O) groups excluding carboxylic acids is 2. The first kappa shape index (κ1) is 57.7. The fourth-order valence-corrected chi connectivity index (χ4v) is 6.52. The topological polar surface area (TPSA) is 108 Å². The van der Waals surface area contributed by atoms with Crippen molar-refractivity contribution in [3.63, 3.8) is 0 Å². The number of ether oxygens (including phenoxy) is 2. The van der Waals surface area contributed by atoms with Crippen LogP contribution in [0.4, 0.5) is 26.3 Å². The maximum Gasteiger partial charge on any atom is 0.472 e. The number of phosphoric acid groups is 1. The largest absolute Gasteiger partial charge is 0.472 e. The minimum Gasteiger partial charge on any atom is -0.462 e. The Balaban J connectivity index is 4.36. The van der Waals surface area contributed by atoms with E-state index in [2.05, 4.69) is 23.7 Å². The third kappa shape index (κ3) is 45.2. The first-order valence-electron chi connectivity index (χ1n) is 22.1. The molecule has 0 heterocycles. The smallest absolute Gasteiger partial charge is 0.462 e. The Labute approximate surface area is 357 Å². The van der Waals surface area contributed by atoms with Crippen LogP contribution in [-0.2, 0) is 32.7 Å². The Morgan fingerprint density at radius 2 is 0.917 bits per heavy atom. The molecule has 0 rings (SSSR count). The Morgan fingerprint density at radius 1 is 0.550 bits per heavy atom. The van der Waals surface area contributed by atoms with E-state index in [0.29, 0.717) is 36.7 Å². The fraction of sp³-hybridized carbons (Fsp3) is 0.864. The lowest BCUT2D eigenvalue weighted by atomic mass is 10.1. The number of rotatable bonds is 36. The molecule has 0 saturated heterocycles. The average molecular weight is 891 g/mol. The highest BCUT2D eigenvalue weighted by atomic mass is 31.2. The van der Waals surface area contributed by atoms with Crippen molar-refractivity contribution in [3.8, 4) is 23.7 Å². The molecule has 350 valence electrons. The van der Waals surface area contributed by atoms with Crippen LogP contribution in [0.1, 0.15) is 180 Å². The molecule has 0 aliphatic carbocycles. The number of nitrogens with zero attached hydrogens (tertiary/aromatic N) is 1. The van der Waals surface area contributed by atoms with E-state index in [-0.39, 0.29) is 38.9 Å². The predicted octanol–water partition coefficient (Wildman–Crippen LogP) is 12.3. The van der Waals surface area contributed by atoms with E-state index in [9.17, 15) is 45.4 Å². The zero-order valence-corrected chi connectivity index (χ0v) is 37.6. The van der Waals surface area contributed by atoms with Crippen molar-refractivity contribution in [2.24, 2.45) is 0 Å². The number of phosphoric ester groups is 1. The molecule has 0 saturated carbocycles. The average Bonchev–Trinajstić information content (AvgIpc) is 3.14. The van der Waals surface area contributed by atoms with Gasteiger partial charge >= 0.3 is 32.1 Å². The summed E-state index contributed by atoms with van der Waals surface area (Å²) in [6.45, 7) is -0.398. The third-order valence-corrected chi connectivity index (χ3v) is 10.3. The van der Waals surface area contributed by atoms with Gasteiger partial charge in [0.25, 0.3) is 0 Å². The molecule has 0 fully saturated rings. The summed E-state index contributed by atoms with van der Waals surface area (Å²) < 4.78 is 107. The van der Waals surface area contributed by atoms with Gasteiger partial charge in [0.1, 0.15) is 19.8 Å². The number of halogens is 6. The van der Waals surface area contributed by atoms with E-state index in [1.54, 1.807) is 0 Å². The van der Waals surface area contributed by atoms with Gasteiger partial charge in [0.2, 0.25) is 0 Å². The van der Waals surface area contributed by atoms with Crippen LogP contribution in [0.5, 0.6) is 0 Å². The maximum absolute atomic E-state index is 12.6. The molecule has 0 aliphatic rings. The molecule has 0 aliphatic heterocycles. The zero-order valence-electron chi connectivity index (χ0n) is 36.7. The molecule has 0 amide bonds. The molecule has 0 aromatic carbocycles. The molecule has 0 bridgehead atoms. The lowest BCUT2D eigenvalue weighted by Gasteiger charge is -2.24.